The number of pyridine rings is 1. The summed E-state index contributed by atoms with van der Waals surface area (Å²) >= 11 is 3.89. The fraction of sp³-hybridized carbons (Fsp3) is 0.500. The van der Waals surface area contributed by atoms with E-state index in [2.05, 4.69) is 55.0 Å². The average molecular weight is 556 g/mol. The number of para-hydroxylation sites is 1. The van der Waals surface area contributed by atoms with Gasteiger partial charge in [0, 0.05) is 75.2 Å². The smallest absolute Gasteiger partial charge is 0.250 e. The number of rotatable bonds is 9. The van der Waals surface area contributed by atoms with Gasteiger partial charge in [-0.25, -0.2) is 0 Å². The Kier molecular flexibility index (Phi) is 7.65. The first-order chi connectivity index (χ1) is 17.5. The number of hydrogen-bond acceptors (Lipinski definition) is 4. The van der Waals surface area contributed by atoms with E-state index >= 15 is 0 Å². The summed E-state index contributed by atoms with van der Waals surface area (Å²) in [4.78, 5) is 28.6. The molecule has 1 saturated heterocycles. The predicted molar refractivity (Wildman–Crippen MR) is 145 cm³/mol. The lowest BCUT2D eigenvalue weighted by Crippen LogP contribution is -2.47. The van der Waals surface area contributed by atoms with Gasteiger partial charge in [-0.2, -0.15) is 0 Å². The largest absolute Gasteiger partial charge is 0.385 e. The molecule has 3 heterocycles. The van der Waals surface area contributed by atoms with E-state index in [1.807, 2.05) is 12.3 Å². The van der Waals surface area contributed by atoms with Gasteiger partial charge in [0.15, 0.2) is 0 Å². The molecule has 1 amide bonds. The zero-order valence-electron chi connectivity index (χ0n) is 21.1. The number of methoxy groups -OCH3 is 1. The summed E-state index contributed by atoms with van der Waals surface area (Å²) < 4.78 is 10.2. The van der Waals surface area contributed by atoms with Gasteiger partial charge in [0.1, 0.15) is 0 Å². The maximum Gasteiger partial charge on any atom is 0.250 e. The van der Waals surface area contributed by atoms with E-state index in [-0.39, 0.29) is 29.3 Å². The number of piperidine rings is 1. The van der Waals surface area contributed by atoms with Crippen molar-refractivity contribution in [2.45, 2.75) is 50.7 Å². The lowest BCUT2D eigenvalue weighted by atomic mass is 9.80. The minimum absolute atomic E-state index is 0.0264. The molecule has 2 atom stereocenters. The van der Waals surface area contributed by atoms with Crippen molar-refractivity contribution in [3.05, 3.63) is 68.7 Å². The highest BCUT2D eigenvalue weighted by Gasteiger charge is 2.40. The molecule has 2 fully saturated rings. The van der Waals surface area contributed by atoms with Gasteiger partial charge in [-0.05, 0) is 71.8 Å². The second-order valence-electron chi connectivity index (χ2n) is 10.1. The Morgan fingerprint density at radius 2 is 2.03 bits per heavy atom. The maximum atomic E-state index is 14.1. The van der Waals surface area contributed by atoms with Crippen LogP contribution in [0.3, 0.4) is 0 Å². The van der Waals surface area contributed by atoms with Crippen molar-refractivity contribution in [2.24, 2.45) is 13.0 Å². The molecule has 2 aromatic heterocycles. The Hall–Kier alpha value is -2.42. The third-order valence-electron chi connectivity index (χ3n) is 7.69. The van der Waals surface area contributed by atoms with Crippen molar-refractivity contribution in [2.75, 3.05) is 26.8 Å². The molecule has 1 saturated carbocycles. The van der Waals surface area contributed by atoms with Crippen LogP contribution in [-0.4, -0.2) is 52.8 Å². The van der Waals surface area contributed by atoms with E-state index in [4.69, 9.17) is 4.74 Å². The minimum Gasteiger partial charge on any atom is -0.385 e. The summed E-state index contributed by atoms with van der Waals surface area (Å²) in [6.07, 6.45) is 5.68. The second-order valence-corrected chi connectivity index (χ2v) is 10.8. The number of amides is 1. The van der Waals surface area contributed by atoms with Crippen molar-refractivity contribution in [1.82, 2.24) is 19.4 Å². The molecule has 2 unspecified atom stereocenters. The first-order valence-electron chi connectivity index (χ1n) is 12.9. The molecular weight excluding hydrogens is 520 g/mol. The van der Waals surface area contributed by atoms with Gasteiger partial charge in [-0.1, -0.05) is 18.2 Å². The summed E-state index contributed by atoms with van der Waals surface area (Å²) in [5.41, 5.74) is 3.29. The lowest BCUT2D eigenvalue weighted by Gasteiger charge is -2.35. The fourth-order valence-corrected chi connectivity index (χ4v) is 6.26. The molecule has 1 aliphatic carbocycles. The van der Waals surface area contributed by atoms with Crippen molar-refractivity contribution in [3.63, 3.8) is 0 Å². The van der Waals surface area contributed by atoms with E-state index in [0.29, 0.717) is 19.7 Å². The van der Waals surface area contributed by atoms with E-state index in [9.17, 15) is 9.59 Å². The zero-order chi connectivity index (χ0) is 25.2. The zero-order valence-corrected chi connectivity index (χ0v) is 22.7. The second kappa shape index (κ2) is 10.9. The highest BCUT2D eigenvalue weighted by atomic mass is 79.9. The SMILES string of the molecule is COCCCn1c(Br)c(CN(C(=O)C2CNCCC2c2ccn(C)c(=O)c2)C2CC2)c2ccccc21. The van der Waals surface area contributed by atoms with Crippen LogP contribution in [0.1, 0.15) is 42.7 Å². The third kappa shape index (κ3) is 5.04. The van der Waals surface area contributed by atoms with Crippen LogP contribution >= 0.6 is 15.9 Å². The highest BCUT2D eigenvalue weighted by Crippen LogP contribution is 2.38. The first kappa shape index (κ1) is 25.2. The number of aryl methyl sites for hydroxylation is 2. The Balaban J connectivity index is 1.45. The number of nitrogens with one attached hydrogen (secondary N) is 1. The molecule has 1 aliphatic heterocycles. The van der Waals surface area contributed by atoms with Gasteiger partial charge in [0.05, 0.1) is 10.5 Å². The van der Waals surface area contributed by atoms with Crippen molar-refractivity contribution in [3.8, 4) is 0 Å². The summed E-state index contributed by atoms with van der Waals surface area (Å²) in [5, 5.41) is 4.62. The Morgan fingerprint density at radius 3 is 2.78 bits per heavy atom. The van der Waals surface area contributed by atoms with Crippen molar-refractivity contribution >= 4 is 32.7 Å². The van der Waals surface area contributed by atoms with Gasteiger partial charge < -0.3 is 24.1 Å². The molecule has 0 spiro atoms. The van der Waals surface area contributed by atoms with Gasteiger partial charge in [0.2, 0.25) is 5.91 Å². The van der Waals surface area contributed by atoms with Crippen molar-refractivity contribution < 1.29 is 9.53 Å². The van der Waals surface area contributed by atoms with Crippen LogP contribution in [-0.2, 0) is 29.7 Å². The molecule has 7 nitrogen and oxygen atoms in total. The lowest BCUT2D eigenvalue weighted by molar-refractivity contribution is -0.138. The van der Waals surface area contributed by atoms with E-state index < -0.39 is 0 Å². The van der Waals surface area contributed by atoms with E-state index in [0.717, 1.165) is 54.5 Å². The number of nitrogens with zero attached hydrogens (tertiary/aromatic N) is 3. The number of benzene rings is 1. The molecule has 36 heavy (non-hydrogen) atoms. The summed E-state index contributed by atoms with van der Waals surface area (Å²) in [6.45, 7) is 3.64. The number of fused-ring (bicyclic) bond motifs is 1. The molecular formula is C28H35BrN4O3. The topological polar surface area (TPSA) is 68.5 Å². The van der Waals surface area contributed by atoms with Gasteiger partial charge in [-0.3, -0.25) is 9.59 Å². The average Bonchev–Trinajstić information content (AvgIpc) is 3.70. The fourth-order valence-electron chi connectivity index (χ4n) is 5.55. The number of carbonyl (C=O) groups is 1. The minimum atomic E-state index is -0.180. The molecule has 192 valence electrons. The molecule has 3 aromatic rings. The van der Waals surface area contributed by atoms with Crippen LogP contribution in [0.25, 0.3) is 10.9 Å². The quantitative estimate of drug-likeness (QED) is 0.405. The monoisotopic (exact) mass is 554 g/mol. The van der Waals surface area contributed by atoms with Crippen molar-refractivity contribution in [1.29, 1.82) is 0 Å². The molecule has 1 N–H and O–H groups in total. The molecule has 0 bridgehead atoms. The highest BCUT2D eigenvalue weighted by molar-refractivity contribution is 9.10. The summed E-state index contributed by atoms with van der Waals surface area (Å²) in [6, 6.07) is 12.4. The number of carbonyl (C=O) groups excluding carboxylic acids is 1. The molecule has 8 heteroatoms. The van der Waals surface area contributed by atoms with Crippen LogP contribution in [0, 0.1) is 5.92 Å². The normalized spacial score (nSPS) is 20.1. The van der Waals surface area contributed by atoms with Crippen LogP contribution in [0.4, 0.5) is 0 Å². The molecule has 5 rings (SSSR count). The Morgan fingerprint density at radius 1 is 1.22 bits per heavy atom. The van der Waals surface area contributed by atoms with Gasteiger partial charge in [0.25, 0.3) is 5.56 Å². The Bertz CT molecular complexity index is 1300. The summed E-state index contributed by atoms with van der Waals surface area (Å²) in [5.74, 6) is 0.0616. The van der Waals surface area contributed by atoms with Crippen LogP contribution in [0.5, 0.6) is 0 Å². The van der Waals surface area contributed by atoms with Crippen LogP contribution in [0.15, 0.2) is 52.0 Å². The number of halogens is 1. The Labute approximate surface area is 220 Å². The number of ether oxygens (including phenoxy) is 1. The molecule has 1 aromatic carbocycles. The van der Waals surface area contributed by atoms with E-state index in [1.165, 1.54) is 10.9 Å². The van der Waals surface area contributed by atoms with Crippen LogP contribution < -0.4 is 10.9 Å². The van der Waals surface area contributed by atoms with Gasteiger partial charge in [-0.15, -0.1) is 0 Å². The number of hydrogen-bond donors (Lipinski definition) is 1. The molecule has 0 radical (unpaired) electrons. The first-order valence-corrected chi connectivity index (χ1v) is 13.7. The predicted octanol–water partition coefficient (Wildman–Crippen LogP) is 4.02. The maximum absolute atomic E-state index is 14.1. The van der Waals surface area contributed by atoms with Crippen LogP contribution in [0.2, 0.25) is 0 Å². The van der Waals surface area contributed by atoms with Gasteiger partial charge >= 0.3 is 0 Å². The summed E-state index contributed by atoms with van der Waals surface area (Å²) in [7, 11) is 3.49. The molecule has 2 aliphatic rings. The number of aromatic nitrogens is 2. The third-order valence-corrected chi connectivity index (χ3v) is 8.60. The standard InChI is InChI=1S/C28H35BrN4O3/c1-31-14-11-19(16-26(31)34)21-10-12-30-17-23(21)28(35)33(20-8-9-20)18-24-22-6-3-4-7-25(22)32(27(24)29)13-5-15-36-2/h3-4,6-7,11,14,16,20-21,23,30H,5,8-10,12-13,15,17-18H2,1-2H3. The van der Waals surface area contributed by atoms with E-state index in [1.54, 1.807) is 24.8 Å².